The van der Waals surface area contributed by atoms with Gasteiger partial charge in [-0.25, -0.2) is 0 Å². The molecule has 0 aromatic rings. The second kappa shape index (κ2) is 15.0. The average Bonchev–Trinajstić information content (AvgIpc) is 2.88. The maximum absolute atomic E-state index is 13.5. The van der Waals surface area contributed by atoms with Crippen molar-refractivity contribution in [2.75, 3.05) is 26.2 Å². The van der Waals surface area contributed by atoms with E-state index in [4.69, 9.17) is 14.2 Å². The third-order valence-electron chi connectivity index (χ3n) is 9.07. The minimum atomic E-state index is -0.821. The standard InChI is InChI=1S/C32H56N2O6/c1-6-7-8-9-10-11-12-13-18-32(19-14-20-32)29(37)34-22-16-25(17-23-34)39-26(35)15-21-33-28(36)27-30(2,3)24-38-31(4,5)40-27/h25,27H,6-24H2,1-5H3,(H,33,36). The van der Waals surface area contributed by atoms with Gasteiger partial charge in [-0.15, -0.1) is 0 Å². The molecule has 0 aromatic heterocycles. The van der Waals surface area contributed by atoms with Gasteiger partial charge < -0.3 is 24.4 Å². The van der Waals surface area contributed by atoms with Crippen LogP contribution in [0.25, 0.3) is 0 Å². The molecule has 40 heavy (non-hydrogen) atoms. The number of piperidine rings is 1. The normalized spacial score (nSPS) is 23.7. The second-order valence-corrected chi connectivity index (χ2v) is 13.6. The maximum atomic E-state index is 13.5. The van der Waals surface area contributed by atoms with Gasteiger partial charge in [-0.2, -0.15) is 0 Å². The van der Waals surface area contributed by atoms with Crippen molar-refractivity contribution in [2.45, 2.75) is 149 Å². The highest BCUT2D eigenvalue weighted by Crippen LogP contribution is 2.47. The first-order valence-corrected chi connectivity index (χ1v) is 16.1. The van der Waals surface area contributed by atoms with E-state index in [-0.39, 0.29) is 36.4 Å². The summed E-state index contributed by atoms with van der Waals surface area (Å²) in [5, 5.41) is 2.83. The fourth-order valence-electron chi connectivity index (χ4n) is 6.23. The first-order chi connectivity index (χ1) is 19.0. The molecular weight excluding hydrogens is 508 g/mol. The van der Waals surface area contributed by atoms with Gasteiger partial charge in [0.15, 0.2) is 5.79 Å². The van der Waals surface area contributed by atoms with Gasteiger partial charge in [-0.3, -0.25) is 14.4 Å². The predicted molar refractivity (Wildman–Crippen MR) is 156 cm³/mol. The van der Waals surface area contributed by atoms with Gasteiger partial charge in [0.2, 0.25) is 11.8 Å². The summed E-state index contributed by atoms with van der Waals surface area (Å²) in [5.74, 6) is -1.05. The van der Waals surface area contributed by atoms with Crippen LogP contribution in [0.15, 0.2) is 0 Å². The van der Waals surface area contributed by atoms with E-state index < -0.39 is 17.3 Å². The Labute approximate surface area is 242 Å². The second-order valence-electron chi connectivity index (χ2n) is 13.6. The molecule has 1 N–H and O–H groups in total. The smallest absolute Gasteiger partial charge is 0.307 e. The molecule has 2 amide bonds. The Hall–Kier alpha value is -1.67. The van der Waals surface area contributed by atoms with E-state index >= 15 is 0 Å². The van der Waals surface area contributed by atoms with Crippen molar-refractivity contribution in [3.63, 3.8) is 0 Å². The number of esters is 1. The molecule has 1 saturated carbocycles. The first-order valence-electron chi connectivity index (χ1n) is 16.1. The fraction of sp³-hybridized carbons (Fsp3) is 0.906. The number of carbonyl (C=O) groups is 3. The van der Waals surface area contributed by atoms with Crippen LogP contribution in [0, 0.1) is 10.8 Å². The number of rotatable bonds is 15. The number of carbonyl (C=O) groups excluding carboxylic acids is 3. The number of nitrogens with one attached hydrogen (secondary N) is 1. The molecule has 0 radical (unpaired) electrons. The van der Waals surface area contributed by atoms with Crippen LogP contribution in [0.1, 0.15) is 131 Å². The molecule has 1 aliphatic carbocycles. The molecule has 8 nitrogen and oxygen atoms in total. The Morgan fingerprint density at radius 2 is 1.55 bits per heavy atom. The molecule has 2 heterocycles. The van der Waals surface area contributed by atoms with Crippen molar-refractivity contribution < 1.29 is 28.6 Å². The van der Waals surface area contributed by atoms with Gasteiger partial charge >= 0.3 is 5.97 Å². The number of hydrogen-bond donors (Lipinski definition) is 1. The van der Waals surface area contributed by atoms with E-state index in [9.17, 15) is 14.4 Å². The molecule has 2 saturated heterocycles. The van der Waals surface area contributed by atoms with Gasteiger partial charge in [0.05, 0.1) is 13.0 Å². The quantitative estimate of drug-likeness (QED) is 0.196. The lowest BCUT2D eigenvalue weighted by molar-refractivity contribution is -0.304. The number of likely N-dealkylation sites (tertiary alicyclic amines) is 1. The van der Waals surface area contributed by atoms with Crippen molar-refractivity contribution in [2.24, 2.45) is 10.8 Å². The molecule has 3 fully saturated rings. The van der Waals surface area contributed by atoms with E-state index in [2.05, 4.69) is 12.2 Å². The molecule has 2 aliphatic heterocycles. The lowest BCUT2D eigenvalue weighted by atomic mass is 9.64. The van der Waals surface area contributed by atoms with Crippen molar-refractivity contribution in [3.8, 4) is 0 Å². The molecule has 8 heteroatoms. The fourth-order valence-corrected chi connectivity index (χ4v) is 6.23. The lowest BCUT2D eigenvalue weighted by Gasteiger charge is -2.45. The molecule has 0 bridgehead atoms. The highest BCUT2D eigenvalue weighted by Gasteiger charge is 2.47. The zero-order valence-electron chi connectivity index (χ0n) is 26.0. The van der Waals surface area contributed by atoms with Crippen molar-refractivity contribution in [1.82, 2.24) is 10.2 Å². The summed E-state index contributed by atoms with van der Waals surface area (Å²) in [5.41, 5.74) is -0.598. The van der Waals surface area contributed by atoms with Crippen molar-refractivity contribution in [3.05, 3.63) is 0 Å². The number of hydrogen-bond acceptors (Lipinski definition) is 6. The first kappa shape index (κ1) is 32.8. The van der Waals surface area contributed by atoms with Crippen LogP contribution in [0.5, 0.6) is 0 Å². The summed E-state index contributed by atoms with van der Waals surface area (Å²) < 4.78 is 17.2. The Kier molecular flexibility index (Phi) is 12.3. The zero-order valence-corrected chi connectivity index (χ0v) is 26.0. The van der Waals surface area contributed by atoms with E-state index in [1.807, 2.05) is 18.7 Å². The van der Waals surface area contributed by atoms with Gasteiger partial charge in [-0.05, 0) is 33.1 Å². The van der Waals surface area contributed by atoms with Crippen LogP contribution in [0.4, 0.5) is 0 Å². The molecular formula is C32H56N2O6. The monoisotopic (exact) mass is 564 g/mol. The van der Waals surface area contributed by atoms with Gasteiger partial charge in [0, 0.05) is 43.3 Å². The third-order valence-corrected chi connectivity index (χ3v) is 9.07. The number of ether oxygens (including phenoxy) is 3. The van der Waals surface area contributed by atoms with Crippen molar-refractivity contribution in [1.29, 1.82) is 0 Å². The largest absolute Gasteiger partial charge is 0.462 e. The highest BCUT2D eigenvalue weighted by atomic mass is 16.7. The van der Waals surface area contributed by atoms with Crippen LogP contribution in [0.2, 0.25) is 0 Å². The van der Waals surface area contributed by atoms with Crippen LogP contribution in [-0.4, -0.2) is 66.9 Å². The van der Waals surface area contributed by atoms with E-state index in [1.165, 1.54) is 44.9 Å². The van der Waals surface area contributed by atoms with Crippen LogP contribution in [-0.2, 0) is 28.6 Å². The molecule has 3 rings (SSSR count). The lowest BCUT2D eigenvalue weighted by Crippen LogP contribution is -2.56. The zero-order chi connectivity index (χ0) is 29.2. The van der Waals surface area contributed by atoms with Crippen LogP contribution in [0.3, 0.4) is 0 Å². The molecule has 1 unspecified atom stereocenters. The molecule has 0 spiro atoms. The molecule has 3 aliphatic rings. The Morgan fingerprint density at radius 1 is 0.925 bits per heavy atom. The Bertz CT molecular complexity index is 829. The number of amides is 2. The minimum Gasteiger partial charge on any atom is -0.462 e. The third kappa shape index (κ3) is 9.43. The highest BCUT2D eigenvalue weighted by molar-refractivity contribution is 5.84. The van der Waals surface area contributed by atoms with Crippen molar-refractivity contribution >= 4 is 17.8 Å². The van der Waals surface area contributed by atoms with Gasteiger partial charge in [0.1, 0.15) is 12.2 Å². The van der Waals surface area contributed by atoms with Crippen LogP contribution >= 0.6 is 0 Å². The van der Waals surface area contributed by atoms with E-state index in [0.29, 0.717) is 38.4 Å². The summed E-state index contributed by atoms with van der Waals surface area (Å²) in [7, 11) is 0. The molecule has 0 aromatic carbocycles. The van der Waals surface area contributed by atoms with Gasteiger partial charge in [0.25, 0.3) is 0 Å². The maximum Gasteiger partial charge on any atom is 0.307 e. The molecule has 1 atom stereocenters. The topological polar surface area (TPSA) is 94.2 Å². The Morgan fingerprint density at radius 3 is 2.15 bits per heavy atom. The Balaban J connectivity index is 1.32. The predicted octanol–water partition coefficient (Wildman–Crippen LogP) is 5.91. The summed E-state index contributed by atoms with van der Waals surface area (Å²) in [4.78, 5) is 40.7. The van der Waals surface area contributed by atoms with E-state index in [1.54, 1.807) is 13.8 Å². The van der Waals surface area contributed by atoms with E-state index in [0.717, 1.165) is 32.1 Å². The summed E-state index contributed by atoms with van der Waals surface area (Å²) in [6.07, 6.45) is 15.2. The average molecular weight is 565 g/mol. The number of unbranched alkanes of at least 4 members (excludes halogenated alkanes) is 7. The minimum absolute atomic E-state index is 0.111. The van der Waals surface area contributed by atoms with Crippen LogP contribution < -0.4 is 5.32 Å². The summed E-state index contributed by atoms with van der Waals surface area (Å²) in [6.45, 7) is 11.6. The summed E-state index contributed by atoms with van der Waals surface area (Å²) in [6, 6.07) is 0. The van der Waals surface area contributed by atoms with Gasteiger partial charge in [-0.1, -0.05) is 78.6 Å². The number of nitrogens with zero attached hydrogens (tertiary/aromatic N) is 1. The SMILES string of the molecule is CCCCCCCCCCC1(C(=O)N2CCC(OC(=O)CCNC(=O)C3OC(C)(C)OCC3(C)C)CC2)CCC1. The molecule has 230 valence electrons. The summed E-state index contributed by atoms with van der Waals surface area (Å²) >= 11 is 0.